The summed E-state index contributed by atoms with van der Waals surface area (Å²) < 4.78 is 45.5. The van der Waals surface area contributed by atoms with Crippen LogP contribution in [0.2, 0.25) is 0 Å². The van der Waals surface area contributed by atoms with Crippen LogP contribution in [-0.2, 0) is 12.7 Å². The number of nitrogens with zero attached hydrogens (tertiary/aromatic N) is 2. The highest BCUT2D eigenvalue weighted by Crippen LogP contribution is 2.35. The van der Waals surface area contributed by atoms with Crippen LogP contribution in [-0.4, -0.2) is 29.6 Å². The Hall–Kier alpha value is -1.19. The van der Waals surface area contributed by atoms with Crippen LogP contribution in [0.3, 0.4) is 0 Å². The monoisotopic (exact) mass is 473 g/mol. The molecule has 0 aromatic heterocycles. The largest absolute Gasteiger partial charge is 0.488 e. The molecule has 0 fully saturated rings. The van der Waals surface area contributed by atoms with Crippen LogP contribution in [0.4, 0.5) is 13.2 Å². The molecule has 0 saturated heterocycles. The standard InChI is InChI=1S/C17H26F3N3O.HI/c1-6-23(7-2)15(21)22-11-12-8-9-13(24-16(3,4)5)10-14(12)17(18,19)20;/h8-10H,6-7,11H2,1-5H3,(H2,21,22);1H. The van der Waals surface area contributed by atoms with Gasteiger partial charge >= 0.3 is 6.18 Å². The van der Waals surface area contributed by atoms with Crippen LogP contribution < -0.4 is 10.5 Å². The Morgan fingerprint density at radius 1 is 1.16 bits per heavy atom. The maximum atomic E-state index is 13.3. The molecule has 0 aliphatic heterocycles. The first kappa shape index (κ1) is 23.8. The highest BCUT2D eigenvalue weighted by molar-refractivity contribution is 14.0. The summed E-state index contributed by atoms with van der Waals surface area (Å²) in [5.74, 6) is 0.419. The summed E-state index contributed by atoms with van der Waals surface area (Å²) in [6.45, 7) is 10.3. The molecule has 144 valence electrons. The number of aliphatic imine (C=N–C) groups is 1. The number of nitrogens with two attached hydrogens (primary N) is 1. The van der Waals surface area contributed by atoms with E-state index in [0.717, 1.165) is 6.07 Å². The zero-order valence-electron chi connectivity index (χ0n) is 15.3. The van der Waals surface area contributed by atoms with Crippen molar-refractivity contribution in [2.45, 2.75) is 52.9 Å². The van der Waals surface area contributed by atoms with E-state index >= 15 is 0 Å². The third-order valence-electron chi connectivity index (χ3n) is 3.31. The van der Waals surface area contributed by atoms with Crippen LogP contribution in [0, 0.1) is 0 Å². The second-order valence-electron chi connectivity index (χ2n) is 6.38. The van der Waals surface area contributed by atoms with E-state index in [2.05, 4.69) is 4.99 Å². The first-order chi connectivity index (χ1) is 11.0. The molecule has 1 aromatic rings. The van der Waals surface area contributed by atoms with E-state index < -0.39 is 17.3 Å². The van der Waals surface area contributed by atoms with Crippen molar-refractivity contribution >= 4 is 29.9 Å². The summed E-state index contributed by atoms with van der Waals surface area (Å²) >= 11 is 0. The molecule has 0 radical (unpaired) electrons. The Labute approximate surface area is 164 Å². The van der Waals surface area contributed by atoms with Gasteiger partial charge in [0, 0.05) is 13.1 Å². The van der Waals surface area contributed by atoms with Crippen molar-refractivity contribution in [3.63, 3.8) is 0 Å². The van der Waals surface area contributed by atoms with Gasteiger partial charge in [-0.2, -0.15) is 13.2 Å². The van der Waals surface area contributed by atoms with Gasteiger partial charge in [0.15, 0.2) is 5.96 Å². The number of alkyl halides is 3. The van der Waals surface area contributed by atoms with Gasteiger partial charge in [0.05, 0.1) is 12.1 Å². The fourth-order valence-electron chi connectivity index (χ4n) is 2.19. The molecule has 25 heavy (non-hydrogen) atoms. The molecule has 1 rings (SSSR count). The Morgan fingerprint density at radius 2 is 1.72 bits per heavy atom. The van der Waals surface area contributed by atoms with Gasteiger partial charge in [0.2, 0.25) is 0 Å². The van der Waals surface area contributed by atoms with Crippen molar-refractivity contribution < 1.29 is 17.9 Å². The molecular weight excluding hydrogens is 446 g/mol. The van der Waals surface area contributed by atoms with Gasteiger partial charge < -0.3 is 15.4 Å². The van der Waals surface area contributed by atoms with Crippen molar-refractivity contribution in [3.8, 4) is 5.75 Å². The zero-order chi connectivity index (χ0) is 18.5. The van der Waals surface area contributed by atoms with E-state index in [0.29, 0.717) is 13.1 Å². The number of hydrogen-bond donors (Lipinski definition) is 1. The normalized spacial score (nSPS) is 12.6. The highest BCUT2D eigenvalue weighted by atomic mass is 127. The number of hydrogen-bond acceptors (Lipinski definition) is 2. The lowest BCUT2D eigenvalue weighted by Gasteiger charge is -2.23. The average molecular weight is 473 g/mol. The first-order valence-electron chi connectivity index (χ1n) is 7.92. The average Bonchev–Trinajstić information content (AvgIpc) is 2.44. The van der Waals surface area contributed by atoms with E-state index in [-0.39, 0.29) is 47.8 Å². The second kappa shape index (κ2) is 9.49. The molecule has 0 unspecified atom stereocenters. The van der Waals surface area contributed by atoms with Gasteiger partial charge in [-0.1, -0.05) is 6.07 Å². The summed E-state index contributed by atoms with van der Waals surface area (Å²) in [6.07, 6.45) is -4.48. The number of halogens is 4. The number of guanidine groups is 1. The minimum atomic E-state index is -4.48. The molecule has 0 atom stereocenters. The lowest BCUT2D eigenvalue weighted by molar-refractivity contribution is -0.138. The van der Waals surface area contributed by atoms with Crippen LogP contribution in [0.15, 0.2) is 23.2 Å². The summed E-state index contributed by atoms with van der Waals surface area (Å²) in [5, 5.41) is 0. The fraction of sp³-hybridized carbons (Fsp3) is 0.588. The Balaban J connectivity index is 0.00000576. The van der Waals surface area contributed by atoms with Gasteiger partial charge in [0.1, 0.15) is 11.4 Å². The third kappa shape index (κ3) is 7.70. The number of rotatable bonds is 5. The van der Waals surface area contributed by atoms with Gasteiger partial charge in [-0.05, 0) is 52.3 Å². The molecule has 0 saturated carbocycles. The van der Waals surface area contributed by atoms with Gasteiger partial charge in [-0.3, -0.25) is 0 Å². The van der Waals surface area contributed by atoms with Crippen LogP contribution in [0.5, 0.6) is 5.75 Å². The molecule has 0 spiro atoms. The van der Waals surface area contributed by atoms with Crippen molar-refractivity contribution in [1.29, 1.82) is 0 Å². The minimum Gasteiger partial charge on any atom is -0.488 e. The lowest BCUT2D eigenvalue weighted by atomic mass is 10.1. The minimum absolute atomic E-state index is 0. The van der Waals surface area contributed by atoms with Crippen molar-refractivity contribution in [2.75, 3.05) is 13.1 Å². The van der Waals surface area contributed by atoms with Gasteiger partial charge in [0.25, 0.3) is 0 Å². The quantitative estimate of drug-likeness (QED) is 0.385. The zero-order valence-corrected chi connectivity index (χ0v) is 17.6. The molecule has 0 aliphatic rings. The van der Waals surface area contributed by atoms with Crippen molar-refractivity contribution in [1.82, 2.24) is 4.90 Å². The predicted molar refractivity (Wildman–Crippen MR) is 105 cm³/mol. The summed E-state index contributed by atoms with van der Waals surface area (Å²) in [5.41, 5.74) is 4.57. The Morgan fingerprint density at radius 3 is 2.16 bits per heavy atom. The molecular formula is C17H27F3IN3O. The summed E-state index contributed by atoms with van der Waals surface area (Å²) in [6, 6.07) is 3.94. The molecule has 0 bridgehead atoms. The molecule has 0 amide bonds. The topological polar surface area (TPSA) is 50.8 Å². The smallest absolute Gasteiger partial charge is 0.416 e. The molecule has 0 heterocycles. The van der Waals surface area contributed by atoms with Crippen molar-refractivity contribution in [2.24, 2.45) is 10.7 Å². The Bertz CT molecular complexity index is 579. The predicted octanol–water partition coefficient (Wildman–Crippen LogP) is 4.66. The van der Waals surface area contributed by atoms with Crippen molar-refractivity contribution in [3.05, 3.63) is 29.3 Å². The molecule has 0 aliphatic carbocycles. The lowest BCUT2D eigenvalue weighted by Crippen LogP contribution is -2.37. The maximum absolute atomic E-state index is 13.3. The van der Waals surface area contributed by atoms with Crippen LogP contribution >= 0.6 is 24.0 Å². The van der Waals surface area contributed by atoms with Crippen LogP contribution in [0.25, 0.3) is 0 Å². The van der Waals surface area contributed by atoms with E-state index in [4.69, 9.17) is 10.5 Å². The molecule has 1 aromatic carbocycles. The SMILES string of the molecule is CCN(CC)C(N)=NCc1ccc(OC(C)(C)C)cc1C(F)(F)F.I. The van der Waals surface area contributed by atoms with E-state index in [1.165, 1.54) is 12.1 Å². The second-order valence-corrected chi connectivity index (χ2v) is 6.38. The number of benzene rings is 1. The fourth-order valence-corrected chi connectivity index (χ4v) is 2.19. The number of ether oxygens (including phenoxy) is 1. The summed E-state index contributed by atoms with van der Waals surface area (Å²) in [7, 11) is 0. The Kier molecular flexibility index (Phi) is 9.04. The van der Waals surface area contributed by atoms with Gasteiger partial charge in [-0.15, -0.1) is 24.0 Å². The maximum Gasteiger partial charge on any atom is 0.416 e. The van der Waals surface area contributed by atoms with E-state index in [1.807, 2.05) is 13.8 Å². The van der Waals surface area contributed by atoms with E-state index in [1.54, 1.807) is 25.7 Å². The van der Waals surface area contributed by atoms with Crippen LogP contribution in [0.1, 0.15) is 45.7 Å². The third-order valence-corrected chi connectivity index (χ3v) is 3.31. The van der Waals surface area contributed by atoms with Gasteiger partial charge in [-0.25, -0.2) is 4.99 Å². The van der Waals surface area contributed by atoms with E-state index in [9.17, 15) is 13.2 Å². The molecule has 4 nitrogen and oxygen atoms in total. The highest BCUT2D eigenvalue weighted by Gasteiger charge is 2.34. The first-order valence-corrected chi connectivity index (χ1v) is 7.92. The summed E-state index contributed by atoms with van der Waals surface area (Å²) in [4.78, 5) is 5.88. The molecule has 8 heteroatoms. The molecule has 2 N–H and O–H groups in total.